The van der Waals surface area contributed by atoms with Crippen molar-refractivity contribution in [1.29, 1.82) is 0 Å². The molecule has 3 heteroatoms. The van der Waals surface area contributed by atoms with Crippen molar-refractivity contribution < 1.29 is 4.74 Å². The lowest BCUT2D eigenvalue weighted by Gasteiger charge is -2.14. The van der Waals surface area contributed by atoms with Crippen molar-refractivity contribution in [3.63, 3.8) is 0 Å². The lowest BCUT2D eigenvalue weighted by Crippen LogP contribution is -2.22. The predicted molar refractivity (Wildman–Crippen MR) is 69.4 cm³/mol. The van der Waals surface area contributed by atoms with Gasteiger partial charge in [0.1, 0.15) is 5.75 Å². The van der Waals surface area contributed by atoms with Crippen LogP contribution in [0.25, 0.3) is 0 Å². The molecule has 2 heterocycles. The van der Waals surface area contributed by atoms with E-state index in [0.717, 1.165) is 36.0 Å². The van der Waals surface area contributed by atoms with Gasteiger partial charge in [-0.15, -0.1) is 0 Å². The molecule has 1 aromatic rings. The molecule has 0 bridgehead atoms. The monoisotopic (exact) mass is 234 g/mol. The minimum absolute atomic E-state index is 0.719. The molecule has 0 saturated carbocycles. The topological polar surface area (TPSA) is 34.1 Å². The molecule has 0 aliphatic carbocycles. The minimum Gasteiger partial charge on any atom is -0.497 e. The zero-order chi connectivity index (χ0) is 12.1. The number of aromatic nitrogens is 1. The summed E-state index contributed by atoms with van der Waals surface area (Å²) >= 11 is 0. The summed E-state index contributed by atoms with van der Waals surface area (Å²) in [5, 5.41) is 3.50. The van der Waals surface area contributed by atoms with Gasteiger partial charge < -0.3 is 10.1 Å². The van der Waals surface area contributed by atoms with Gasteiger partial charge in [0.25, 0.3) is 0 Å². The molecule has 0 amide bonds. The molecule has 1 aliphatic rings. The molecule has 1 atom stereocenters. The zero-order valence-electron chi connectivity index (χ0n) is 10.8. The van der Waals surface area contributed by atoms with E-state index in [2.05, 4.69) is 16.4 Å². The molecule has 1 N–H and O–H groups in total. The molecular formula is C14H22N2O. The Morgan fingerprint density at radius 2 is 2.29 bits per heavy atom. The molecule has 0 aromatic carbocycles. The lowest BCUT2D eigenvalue weighted by molar-refractivity contribution is 0.411. The molecule has 0 spiro atoms. The van der Waals surface area contributed by atoms with Crippen LogP contribution < -0.4 is 10.1 Å². The van der Waals surface area contributed by atoms with Gasteiger partial charge in [-0.3, -0.25) is 4.98 Å². The number of pyridine rings is 1. The van der Waals surface area contributed by atoms with Crippen molar-refractivity contribution in [2.24, 2.45) is 5.92 Å². The van der Waals surface area contributed by atoms with Gasteiger partial charge in [-0.25, -0.2) is 0 Å². The molecule has 1 saturated heterocycles. The highest BCUT2D eigenvalue weighted by Gasteiger charge is 2.13. The highest BCUT2D eigenvalue weighted by Crippen LogP contribution is 2.19. The Morgan fingerprint density at radius 3 is 3.12 bits per heavy atom. The fraction of sp³-hybridized carbons (Fsp3) is 0.643. The summed E-state index contributed by atoms with van der Waals surface area (Å²) in [4.78, 5) is 4.60. The quantitative estimate of drug-likeness (QED) is 0.871. The molecule has 3 nitrogen and oxygen atoms in total. The van der Waals surface area contributed by atoms with Crippen LogP contribution >= 0.6 is 0 Å². The minimum atomic E-state index is 0.719. The third-order valence-corrected chi connectivity index (χ3v) is 3.36. The summed E-state index contributed by atoms with van der Waals surface area (Å²) < 4.78 is 5.29. The van der Waals surface area contributed by atoms with Crippen LogP contribution in [0.2, 0.25) is 0 Å². The summed E-state index contributed by atoms with van der Waals surface area (Å²) in [6.45, 7) is 4.32. The van der Waals surface area contributed by atoms with Gasteiger partial charge in [0.05, 0.1) is 7.11 Å². The Labute approximate surface area is 104 Å². The summed E-state index contributed by atoms with van der Waals surface area (Å²) in [5.41, 5.74) is 2.21. The van der Waals surface area contributed by atoms with Crippen LogP contribution in [-0.4, -0.2) is 25.2 Å². The summed E-state index contributed by atoms with van der Waals surface area (Å²) in [5.74, 6) is 1.64. The maximum absolute atomic E-state index is 5.29. The van der Waals surface area contributed by atoms with E-state index in [0.29, 0.717) is 0 Å². The number of hydrogen-bond acceptors (Lipinski definition) is 3. The third kappa shape index (κ3) is 3.70. The van der Waals surface area contributed by atoms with Crippen LogP contribution in [0.1, 0.15) is 30.7 Å². The summed E-state index contributed by atoms with van der Waals surface area (Å²) in [7, 11) is 1.71. The van der Waals surface area contributed by atoms with Crippen LogP contribution in [0.15, 0.2) is 12.1 Å². The fourth-order valence-electron chi connectivity index (χ4n) is 2.49. The second-order valence-electron chi connectivity index (χ2n) is 4.91. The smallest absolute Gasteiger partial charge is 0.122 e. The Morgan fingerprint density at radius 1 is 1.41 bits per heavy atom. The number of rotatable bonds is 3. The van der Waals surface area contributed by atoms with Gasteiger partial charge in [0.15, 0.2) is 0 Å². The number of hydrogen-bond donors (Lipinski definition) is 1. The van der Waals surface area contributed by atoms with Gasteiger partial charge in [0.2, 0.25) is 0 Å². The van der Waals surface area contributed by atoms with Gasteiger partial charge in [-0.2, -0.15) is 0 Å². The van der Waals surface area contributed by atoms with Crippen LogP contribution in [0.4, 0.5) is 0 Å². The van der Waals surface area contributed by atoms with E-state index in [4.69, 9.17) is 4.74 Å². The third-order valence-electron chi connectivity index (χ3n) is 3.36. The largest absolute Gasteiger partial charge is 0.497 e. The van der Waals surface area contributed by atoms with E-state index >= 15 is 0 Å². The highest BCUT2D eigenvalue weighted by atomic mass is 16.5. The molecule has 94 valence electrons. The molecule has 0 radical (unpaired) electrons. The Balaban J connectivity index is 2.03. The molecule has 2 rings (SSSR count). The van der Waals surface area contributed by atoms with Crippen molar-refractivity contribution >= 4 is 0 Å². The zero-order valence-corrected chi connectivity index (χ0v) is 10.8. The number of methoxy groups -OCH3 is 1. The number of ether oxygens (including phenoxy) is 1. The van der Waals surface area contributed by atoms with Gasteiger partial charge in [0, 0.05) is 23.5 Å². The fourth-order valence-corrected chi connectivity index (χ4v) is 2.49. The standard InChI is InChI=1S/C14H22N2O/c1-11-7-14(17-2)9-13(16-11)8-12-5-3-4-6-15-10-12/h7,9,12,15H,3-6,8,10H2,1-2H3. The first-order valence-electron chi connectivity index (χ1n) is 6.50. The lowest BCUT2D eigenvalue weighted by atomic mass is 9.97. The first kappa shape index (κ1) is 12.4. The van der Waals surface area contributed by atoms with E-state index in [1.165, 1.54) is 25.8 Å². The number of nitrogens with zero attached hydrogens (tertiary/aromatic N) is 1. The van der Waals surface area contributed by atoms with Crippen molar-refractivity contribution in [1.82, 2.24) is 10.3 Å². The van der Waals surface area contributed by atoms with Gasteiger partial charge >= 0.3 is 0 Å². The van der Waals surface area contributed by atoms with Gasteiger partial charge in [-0.1, -0.05) is 6.42 Å². The molecule has 1 unspecified atom stereocenters. The van der Waals surface area contributed by atoms with E-state index in [1.807, 2.05) is 13.0 Å². The predicted octanol–water partition coefficient (Wildman–Crippen LogP) is 2.33. The normalized spacial score (nSPS) is 20.9. The Kier molecular flexibility index (Phi) is 4.37. The molecule has 1 aliphatic heterocycles. The average molecular weight is 234 g/mol. The maximum Gasteiger partial charge on any atom is 0.122 e. The average Bonchev–Trinajstić information content (AvgIpc) is 2.57. The molecule has 17 heavy (non-hydrogen) atoms. The molecule has 1 fully saturated rings. The molecular weight excluding hydrogens is 212 g/mol. The van der Waals surface area contributed by atoms with E-state index in [1.54, 1.807) is 7.11 Å². The highest BCUT2D eigenvalue weighted by molar-refractivity contribution is 5.26. The number of aryl methyl sites for hydroxylation is 1. The van der Waals surface area contributed by atoms with E-state index < -0.39 is 0 Å². The summed E-state index contributed by atoms with van der Waals surface area (Å²) in [6.07, 6.45) is 5.01. The van der Waals surface area contributed by atoms with Crippen molar-refractivity contribution in [2.75, 3.05) is 20.2 Å². The van der Waals surface area contributed by atoms with Crippen LogP contribution in [0.3, 0.4) is 0 Å². The van der Waals surface area contributed by atoms with Crippen LogP contribution in [-0.2, 0) is 6.42 Å². The second-order valence-corrected chi connectivity index (χ2v) is 4.91. The van der Waals surface area contributed by atoms with Crippen LogP contribution in [0, 0.1) is 12.8 Å². The van der Waals surface area contributed by atoms with Crippen LogP contribution in [0.5, 0.6) is 5.75 Å². The van der Waals surface area contributed by atoms with Crippen molar-refractivity contribution in [3.8, 4) is 5.75 Å². The summed E-state index contributed by atoms with van der Waals surface area (Å²) in [6, 6.07) is 4.05. The Bertz CT molecular complexity index is 357. The first-order valence-corrected chi connectivity index (χ1v) is 6.50. The van der Waals surface area contributed by atoms with Crippen molar-refractivity contribution in [3.05, 3.63) is 23.5 Å². The van der Waals surface area contributed by atoms with Crippen molar-refractivity contribution in [2.45, 2.75) is 32.6 Å². The number of nitrogens with one attached hydrogen (secondary N) is 1. The second kappa shape index (κ2) is 6.01. The van der Waals surface area contributed by atoms with Gasteiger partial charge in [-0.05, 0) is 45.2 Å². The molecule has 1 aromatic heterocycles. The maximum atomic E-state index is 5.29. The first-order chi connectivity index (χ1) is 8.28. The SMILES string of the molecule is COc1cc(C)nc(CC2CCCCNC2)c1. The Hall–Kier alpha value is -1.09. The van der Waals surface area contributed by atoms with E-state index in [9.17, 15) is 0 Å². The van der Waals surface area contributed by atoms with E-state index in [-0.39, 0.29) is 0 Å².